The Balaban J connectivity index is 0.000000203. The van der Waals surface area contributed by atoms with Crippen molar-refractivity contribution in [2.45, 2.75) is 30.3 Å². The van der Waals surface area contributed by atoms with Gasteiger partial charge in [-0.2, -0.15) is 13.2 Å². The minimum Gasteiger partial charge on any atom is -0.370 e. The number of halogens is 3. The maximum absolute atomic E-state index is 12.1. The zero-order chi connectivity index (χ0) is 25.4. The third-order valence-corrected chi connectivity index (χ3v) is 5.88. The lowest BCUT2D eigenvalue weighted by atomic mass is 10.1. The predicted octanol–water partition coefficient (Wildman–Crippen LogP) is 3.40. The Morgan fingerprint density at radius 1 is 1.29 bits per heavy atom. The monoisotopic (exact) mass is 507 g/mol. The number of anilines is 2. The number of aromatic nitrogens is 4. The minimum atomic E-state index is -4.18. The Labute approximate surface area is 203 Å². The number of hydrogen-bond donors (Lipinski definition) is 3. The molecule has 0 spiro atoms. The van der Waals surface area contributed by atoms with E-state index in [9.17, 15) is 22.8 Å². The maximum atomic E-state index is 12.1. The van der Waals surface area contributed by atoms with Crippen LogP contribution in [0.1, 0.15) is 34.8 Å². The zero-order valence-electron chi connectivity index (χ0n) is 18.8. The van der Waals surface area contributed by atoms with Gasteiger partial charge in [0.1, 0.15) is 11.6 Å². The Morgan fingerprint density at radius 2 is 2.03 bits per heavy atom. The van der Waals surface area contributed by atoms with Crippen LogP contribution in [0, 0.1) is 0 Å². The number of aromatic amines is 1. The predicted molar refractivity (Wildman–Crippen MR) is 126 cm³/mol. The summed E-state index contributed by atoms with van der Waals surface area (Å²) in [6, 6.07) is 11.5. The SMILES string of the molecule is CN1C(=O)CCSc2cc(NCCC(F)(F)F)ncc21.NC(=O)c1n[nH]c(Cc2ccccc2)n1. The number of H-pyrrole nitrogens is 1. The molecule has 1 aliphatic rings. The van der Waals surface area contributed by atoms with Crippen molar-refractivity contribution in [3.05, 3.63) is 59.8 Å². The van der Waals surface area contributed by atoms with Crippen LogP contribution in [-0.2, 0) is 11.2 Å². The van der Waals surface area contributed by atoms with Gasteiger partial charge >= 0.3 is 6.18 Å². The van der Waals surface area contributed by atoms with Gasteiger partial charge in [0.25, 0.3) is 5.91 Å². The topological polar surface area (TPSA) is 130 Å². The number of nitrogens with one attached hydrogen (secondary N) is 2. The summed E-state index contributed by atoms with van der Waals surface area (Å²) in [5, 5.41) is 9.02. The molecule has 3 aromatic rings. The summed E-state index contributed by atoms with van der Waals surface area (Å²) < 4.78 is 36.2. The molecule has 2 amide bonds. The van der Waals surface area contributed by atoms with E-state index in [2.05, 4.69) is 25.5 Å². The number of nitrogens with two attached hydrogens (primary N) is 1. The highest BCUT2D eigenvalue weighted by Crippen LogP contribution is 2.34. The summed E-state index contributed by atoms with van der Waals surface area (Å²) in [6.45, 7) is -0.214. The van der Waals surface area contributed by atoms with E-state index in [1.54, 1.807) is 13.1 Å². The molecule has 0 bridgehead atoms. The van der Waals surface area contributed by atoms with Gasteiger partial charge in [-0.25, -0.2) is 9.97 Å². The first-order valence-electron chi connectivity index (χ1n) is 10.6. The van der Waals surface area contributed by atoms with Crippen LogP contribution in [0.2, 0.25) is 0 Å². The van der Waals surface area contributed by atoms with Crippen LogP contribution in [0.3, 0.4) is 0 Å². The molecule has 0 saturated heterocycles. The van der Waals surface area contributed by atoms with E-state index in [1.165, 1.54) is 22.9 Å². The van der Waals surface area contributed by atoms with Crippen molar-refractivity contribution in [3.63, 3.8) is 0 Å². The van der Waals surface area contributed by atoms with Crippen molar-refractivity contribution in [3.8, 4) is 0 Å². The number of benzene rings is 1. The van der Waals surface area contributed by atoms with Gasteiger partial charge in [0.15, 0.2) is 0 Å². The largest absolute Gasteiger partial charge is 0.390 e. The Morgan fingerprint density at radius 3 is 2.69 bits per heavy atom. The van der Waals surface area contributed by atoms with Crippen LogP contribution < -0.4 is 16.0 Å². The van der Waals surface area contributed by atoms with Gasteiger partial charge in [-0.05, 0) is 11.6 Å². The number of thioether (sulfide) groups is 1. The number of fused-ring (bicyclic) bond motifs is 1. The van der Waals surface area contributed by atoms with E-state index in [-0.39, 0.29) is 18.3 Å². The van der Waals surface area contributed by atoms with Gasteiger partial charge in [-0.1, -0.05) is 30.3 Å². The van der Waals surface area contributed by atoms with E-state index in [1.807, 2.05) is 30.3 Å². The molecule has 1 aromatic carbocycles. The Bertz CT molecular complexity index is 1160. The van der Waals surface area contributed by atoms with Gasteiger partial charge in [-0.3, -0.25) is 14.7 Å². The lowest BCUT2D eigenvalue weighted by Crippen LogP contribution is -2.25. The number of alkyl halides is 3. The van der Waals surface area contributed by atoms with Gasteiger partial charge in [-0.15, -0.1) is 16.9 Å². The fourth-order valence-corrected chi connectivity index (χ4v) is 4.08. The number of pyridine rings is 1. The second kappa shape index (κ2) is 11.7. The first-order valence-corrected chi connectivity index (χ1v) is 11.6. The molecule has 1 aliphatic heterocycles. The molecule has 186 valence electrons. The van der Waals surface area contributed by atoms with Crippen LogP contribution in [0.15, 0.2) is 47.5 Å². The molecule has 3 heterocycles. The molecule has 4 N–H and O–H groups in total. The van der Waals surface area contributed by atoms with Crippen LogP contribution in [0.25, 0.3) is 0 Å². The highest BCUT2D eigenvalue weighted by molar-refractivity contribution is 7.99. The number of nitrogens with zero attached hydrogens (tertiary/aromatic N) is 4. The second-order valence-electron chi connectivity index (χ2n) is 7.51. The molecule has 13 heteroatoms. The number of primary amides is 1. The van der Waals surface area contributed by atoms with Crippen LogP contribution in [-0.4, -0.2) is 57.5 Å². The molecule has 0 saturated carbocycles. The fraction of sp³-hybridized carbons (Fsp3) is 0.318. The van der Waals surface area contributed by atoms with Gasteiger partial charge in [0.05, 0.1) is 18.3 Å². The fourth-order valence-electron chi connectivity index (χ4n) is 3.05. The normalized spacial score (nSPS) is 13.4. The average Bonchev–Trinajstić information content (AvgIpc) is 3.22. The standard InChI is InChI=1S/C12H14F3N3OS.C10H10N4O/c1-18-8-7-17-10(16-4-3-12(13,14)15)6-9(8)20-5-2-11(18)19;11-9(15)10-12-8(13-14-10)6-7-4-2-1-3-5-7/h6-7H,2-5H2,1H3,(H,16,17);1-5H,6H2,(H2,11,15)(H,12,13,14). The van der Waals surface area contributed by atoms with E-state index in [0.29, 0.717) is 35.9 Å². The summed E-state index contributed by atoms with van der Waals surface area (Å²) in [4.78, 5) is 32.8. The molecular weight excluding hydrogens is 483 g/mol. The lowest BCUT2D eigenvalue weighted by Gasteiger charge is -2.17. The van der Waals surface area contributed by atoms with Gasteiger partial charge in [0.2, 0.25) is 11.7 Å². The van der Waals surface area contributed by atoms with E-state index >= 15 is 0 Å². The minimum absolute atomic E-state index is 0.0100. The van der Waals surface area contributed by atoms with Crippen molar-refractivity contribution in [1.29, 1.82) is 0 Å². The number of carbonyl (C=O) groups is 2. The van der Waals surface area contributed by atoms with Crippen LogP contribution >= 0.6 is 11.8 Å². The Kier molecular flexibility index (Phi) is 8.68. The molecule has 0 aliphatic carbocycles. The summed E-state index contributed by atoms with van der Waals surface area (Å²) in [7, 11) is 1.67. The molecule has 0 radical (unpaired) electrons. The smallest absolute Gasteiger partial charge is 0.370 e. The van der Waals surface area contributed by atoms with Crippen molar-refractivity contribution in [1.82, 2.24) is 20.2 Å². The lowest BCUT2D eigenvalue weighted by molar-refractivity contribution is -0.131. The molecule has 9 nitrogen and oxygen atoms in total. The van der Waals surface area contributed by atoms with Gasteiger partial charge < -0.3 is 16.0 Å². The van der Waals surface area contributed by atoms with E-state index in [4.69, 9.17) is 5.73 Å². The van der Waals surface area contributed by atoms with Crippen molar-refractivity contribution in [2.75, 3.05) is 29.6 Å². The third-order valence-electron chi connectivity index (χ3n) is 4.84. The summed E-state index contributed by atoms with van der Waals surface area (Å²) >= 11 is 1.51. The van der Waals surface area contributed by atoms with Crippen molar-refractivity contribution < 1.29 is 22.8 Å². The number of carbonyl (C=O) groups excluding carboxylic acids is 2. The zero-order valence-corrected chi connectivity index (χ0v) is 19.6. The molecule has 0 atom stereocenters. The highest BCUT2D eigenvalue weighted by Gasteiger charge is 2.26. The number of amides is 2. The molecule has 2 aromatic heterocycles. The summed E-state index contributed by atoms with van der Waals surface area (Å²) in [5.74, 6) is 1.10. The number of rotatable bonds is 6. The average molecular weight is 508 g/mol. The quantitative estimate of drug-likeness (QED) is 0.466. The first kappa shape index (κ1) is 26.0. The van der Waals surface area contributed by atoms with Crippen molar-refractivity contribution >= 4 is 35.1 Å². The second-order valence-corrected chi connectivity index (χ2v) is 8.65. The molecule has 35 heavy (non-hydrogen) atoms. The molecule has 0 fully saturated rings. The van der Waals surface area contributed by atoms with E-state index < -0.39 is 18.5 Å². The van der Waals surface area contributed by atoms with Crippen LogP contribution in [0.5, 0.6) is 0 Å². The summed E-state index contributed by atoms with van der Waals surface area (Å²) in [6.07, 6.45) is -2.52. The van der Waals surface area contributed by atoms with Crippen molar-refractivity contribution in [2.24, 2.45) is 5.73 Å². The molecule has 4 rings (SSSR count). The van der Waals surface area contributed by atoms with Gasteiger partial charge in [0, 0.05) is 37.1 Å². The molecule has 0 unspecified atom stereocenters. The highest BCUT2D eigenvalue weighted by atomic mass is 32.2. The molecular formula is C22H24F3N7O2S. The third kappa shape index (κ3) is 7.98. The van der Waals surface area contributed by atoms with Crippen LogP contribution in [0.4, 0.5) is 24.7 Å². The number of hydrogen-bond acceptors (Lipinski definition) is 7. The summed E-state index contributed by atoms with van der Waals surface area (Å²) in [5.41, 5.74) is 6.83. The maximum Gasteiger partial charge on any atom is 0.390 e. The van der Waals surface area contributed by atoms with E-state index in [0.717, 1.165) is 10.5 Å². The Hall–Kier alpha value is -3.61. The first-order chi connectivity index (χ1) is 16.6.